The Balaban J connectivity index is 1.53. The molecule has 1 aliphatic carbocycles. The van der Waals surface area contributed by atoms with E-state index in [4.69, 9.17) is 4.74 Å². The molecule has 0 spiro atoms. The van der Waals surface area contributed by atoms with E-state index in [1.165, 1.54) is 6.20 Å². The van der Waals surface area contributed by atoms with Crippen molar-refractivity contribution in [3.63, 3.8) is 0 Å². The van der Waals surface area contributed by atoms with Gasteiger partial charge in [-0.05, 0) is 37.1 Å². The second kappa shape index (κ2) is 6.37. The maximum atomic E-state index is 12.4. The molecule has 0 saturated heterocycles. The van der Waals surface area contributed by atoms with E-state index in [1.54, 1.807) is 18.3 Å². The number of carbonyl (C=O) groups is 1. The molecule has 6 heteroatoms. The smallest absolute Gasteiger partial charge is 0.253 e. The number of aliphatic hydroxyl groups excluding tert-OH is 1. The van der Waals surface area contributed by atoms with E-state index in [2.05, 4.69) is 15.2 Å². The summed E-state index contributed by atoms with van der Waals surface area (Å²) in [5.74, 6) is 0.631. The summed E-state index contributed by atoms with van der Waals surface area (Å²) < 4.78 is 6.09. The third kappa shape index (κ3) is 2.82. The lowest BCUT2D eigenvalue weighted by molar-refractivity contribution is -0.000925. The van der Waals surface area contributed by atoms with E-state index in [9.17, 15) is 9.90 Å². The first-order valence-corrected chi connectivity index (χ1v) is 8.52. The summed E-state index contributed by atoms with van der Waals surface area (Å²) in [5, 5.41) is 13.9. The fraction of sp³-hybridized carbons (Fsp3) is 0.368. The number of aromatic nitrogens is 1. The number of fused-ring (bicyclic) bond motifs is 2. The van der Waals surface area contributed by atoms with Gasteiger partial charge in [-0.1, -0.05) is 12.1 Å². The molecule has 1 amide bonds. The summed E-state index contributed by atoms with van der Waals surface area (Å²) in [6.45, 7) is 0. The number of aliphatic hydroxyl groups is 1. The van der Waals surface area contributed by atoms with Gasteiger partial charge in [0, 0.05) is 19.4 Å². The van der Waals surface area contributed by atoms with E-state index >= 15 is 0 Å². The van der Waals surface area contributed by atoms with Gasteiger partial charge in [-0.3, -0.25) is 9.78 Å². The number of rotatable bonds is 2. The molecule has 1 aliphatic heterocycles. The van der Waals surface area contributed by atoms with E-state index in [0.717, 1.165) is 17.9 Å². The molecule has 2 N–H and O–H groups in total. The van der Waals surface area contributed by atoms with E-state index < -0.39 is 6.10 Å². The summed E-state index contributed by atoms with van der Waals surface area (Å²) in [6.07, 6.45) is 3.81. The normalized spacial score (nSPS) is 27.7. The van der Waals surface area contributed by atoms with Crippen LogP contribution in [0.25, 0.3) is 0 Å². The Kier molecular flexibility index (Phi) is 4.05. The van der Waals surface area contributed by atoms with E-state index in [-0.39, 0.29) is 24.1 Å². The number of amides is 1. The van der Waals surface area contributed by atoms with Gasteiger partial charge in [-0.25, -0.2) is 0 Å². The van der Waals surface area contributed by atoms with Gasteiger partial charge >= 0.3 is 0 Å². The SMILES string of the molecule is CN1c2ccccc2O[C@@H]2CC[C@@H](NC(=O)c3cccnc3)[C@@H](O)[C@@H]21. The predicted octanol–water partition coefficient (Wildman–Crippen LogP) is 1.60. The van der Waals surface area contributed by atoms with Crippen LogP contribution in [0, 0.1) is 0 Å². The second-order valence-corrected chi connectivity index (χ2v) is 6.62. The molecule has 2 aliphatic rings. The Bertz CT molecular complexity index is 768. The maximum Gasteiger partial charge on any atom is 0.253 e. The van der Waals surface area contributed by atoms with Gasteiger partial charge in [0.15, 0.2) is 0 Å². The van der Waals surface area contributed by atoms with Crippen LogP contribution in [0.5, 0.6) is 5.75 Å². The van der Waals surface area contributed by atoms with Crippen molar-refractivity contribution in [2.24, 2.45) is 0 Å². The van der Waals surface area contributed by atoms with Crippen LogP contribution in [0.1, 0.15) is 23.2 Å². The molecule has 6 nitrogen and oxygen atoms in total. The Morgan fingerprint density at radius 1 is 1.28 bits per heavy atom. The van der Waals surface area contributed by atoms with Crippen molar-refractivity contribution in [1.82, 2.24) is 10.3 Å². The molecule has 2 heterocycles. The fourth-order valence-corrected chi connectivity index (χ4v) is 3.83. The van der Waals surface area contributed by atoms with Gasteiger partial charge in [-0.15, -0.1) is 0 Å². The number of pyridine rings is 1. The maximum absolute atomic E-state index is 12.4. The number of benzene rings is 1. The highest BCUT2D eigenvalue weighted by Crippen LogP contribution is 2.39. The molecular weight excluding hydrogens is 318 g/mol. The minimum atomic E-state index is -0.710. The molecule has 4 rings (SSSR count). The first kappa shape index (κ1) is 15.9. The van der Waals surface area contributed by atoms with Crippen LogP contribution in [0.15, 0.2) is 48.8 Å². The molecule has 1 aromatic carbocycles. The van der Waals surface area contributed by atoms with Crippen LogP contribution in [0.4, 0.5) is 5.69 Å². The Hall–Kier alpha value is -2.60. The Morgan fingerprint density at radius 3 is 2.92 bits per heavy atom. The third-order valence-corrected chi connectivity index (χ3v) is 5.12. The van der Waals surface area contributed by atoms with Crippen molar-refractivity contribution in [2.75, 3.05) is 11.9 Å². The summed E-state index contributed by atoms with van der Waals surface area (Å²) in [5.41, 5.74) is 1.46. The summed E-state index contributed by atoms with van der Waals surface area (Å²) in [4.78, 5) is 18.4. The highest BCUT2D eigenvalue weighted by atomic mass is 16.5. The lowest BCUT2D eigenvalue weighted by atomic mass is 9.83. The van der Waals surface area contributed by atoms with Crippen LogP contribution in [0.3, 0.4) is 0 Å². The number of ether oxygens (including phenoxy) is 1. The number of hydrogen-bond donors (Lipinski definition) is 2. The van der Waals surface area contributed by atoms with Crippen LogP contribution in [0.2, 0.25) is 0 Å². The predicted molar refractivity (Wildman–Crippen MR) is 93.8 cm³/mol. The van der Waals surface area contributed by atoms with Crippen LogP contribution in [-0.4, -0.2) is 47.3 Å². The van der Waals surface area contributed by atoms with Crippen molar-refractivity contribution in [3.8, 4) is 5.75 Å². The molecule has 2 aromatic rings. The lowest BCUT2D eigenvalue weighted by Gasteiger charge is -2.48. The fourth-order valence-electron chi connectivity index (χ4n) is 3.83. The van der Waals surface area contributed by atoms with Crippen LogP contribution in [-0.2, 0) is 0 Å². The van der Waals surface area contributed by atoms with Crippen molar-refractivity contribution in [1.29, 1.82) is 0 Å². The number of hydrogen-bond acceptors (Lipinski definition) is 5. The molecule has 1 fully saturated rings. The van der Waals surface area contributed by atoms with Gasteiger partial charge in [0.05, 0.1) is 29.4 Å². The highest BCUT2D eigenvalue weighted by Gasteiger charge is 2.45. The lowest BCUT2D eigenvalue weighted by Crippen LogP contribution is -2.64. The minimum Gasteiger partial charge on any atom is -0.486 e. The number of carbonyl (C=O) groups excluding carboxylic acids is 1. The topological polar surface area (TPSA) is 74.7 Å². The molecule has 1 aromatic heterocycles. The Morgan fingerprint density at radius 2 is 2.12 bits per heavy atom. The molecule has 1 saturated carbocycles. The van der Waals surface area contributed by atoms with Gasteiger partial charge in [0.2, 0.25) is 0 Å². The largest absolute Gasteiger partial charge is 0.486 e. The zero-order chi connectivity index (χ0) is 17.4. The van der Waals surface area contributed by atoms with Crippen LogP contribution >= 0.6 is 0 Å². The number of anilines is 1. The van der Waals surface area contributed by atoms with Crippen molar-refractivity contribution >= 4 is 11.6 Å². The molecule has 130 valence electrons. The average Bonchev–Trinajstić information content (AvgIpc) is 2.65. The third-order valence-electron chi connectivity index (χ3n) is 5.12. The molecular formula is C19H21N3O3. The van der Waals surface area contributed by atoms with Gasteiger partial charge in [0.1, 0.15) is 11.9 Å². The molecule has 25 heavy (non-hydrogen) atoms. The van der Waals surface area contributed by atoms with E-state index in [1.807, 2.05) is 31.3 Å². The zero-order valence-corrected chi connectivity index (χ0v) is 14.0. The van der Waals surface area contributed by atoms with Crippen LogP contribution < -0.4 is 15.0 Å². The van der Waals surface area contributed by atoms with Gasteiger partial charge in [0.25, 0.3) is 5.91 Å². The number of likely N-dealkylation sites (N-methyl/N-ethyl adjacent to an activating group) is 1. The molecule has 4 atom stereocenters. The molecule has 0 unspecified atom stereocenters. The molecule has 0 radical (unpaired) electrons. The first-order valence-electron chi connectivity index (χ1n) is 8.52. The van der Waals surface area contributed by atoms with E-state index in [0.29, 0.717) is 12.0 Å². The van der Waals surface area contributed by atoms with Gasteiger partial charge in [-0.2, -0.15) is 0 Å². The summed E-state index contributed by atoms with van der Waals surface area (Å²) >= 11 is 0. The summed E-state index contributed by atoms with van der Waals surface area (Å²) in [6, 6.07) is 10.8. The average molecular weight is 339 g/mol. The first-order chi connectivity index (χ1) is 12.1. The monoisotopic (exact) mass is 339 g/mol. The summed E-state index contributed by atoms with van der Waals surface area (Å²) in [7, 11) is 1.97. The van der Waals surface area contributed by atoms with Gasteiger partial charge < -0.3 is 20.1 Å². The molecule has 0 bridgehead atoms. The number of nitrogens with zero attached hydrogens (tertiary/aromatic N) is 2. The standard InChI is InChI=1S/C19H21N3O3/c1-22-14-6-2-3-7-15(14)25-16-9-8-13(18(23)17(16)22)21-19(24)12-5-4-10-20-11-12/h2-7,10-11,13,16-18,23H,8-9H2,1H3,(H,21,24)/t13-,16-,17-,18-/m1/s1. The Labute approximate surface area is 146 Å². The van der Waals surface area contributed by atoms with Crippen molar-refractivity contribution in [3.05, 3.63) is 54.4 Å². The highest BCUT2D eigenvalue weighted by molar-refractivity contribution is 5.94. The quantitative estimate of drug-likeness (QED) is 0.869. The minimum absolute atomic E-state index is 0.0820. The number of para-hydroxylation sites is 2. The number of nitrogens with one attached hydrogen (secondary N) is 1. The second-order valence-electron chi connectivity index (χ2n) is 6.62. The van der Waals surface area contributed by atoms with Crippen molar-refractivity contribution < 1.29 is 14.6 Å². The zero-order valence-electron chi connectivity index (χ0n) is 14.0. The van der Waals surface area contributed by atoms with Crippen molar-refractivity contribution in [2.45, 2.75) is 37.1 Å².